The standard InChI is InChI=1S/C13H17ClN4O/c1-4-18(8-9(2)6-15)13(19)10-5-12(16-3)17-7-11(10)14/h5,7,9H,4,8H2,1-3H3,(H,16,17). The molecule has 0 spiro atoms. The maximum absolute atomic E-state index is 12.4. The van der Waals surface area contributed by atoms with Crippen LogP contribution in [0.25, 0.3) is 0 Å². The number of nitrogens with one attached hydrogen (secondary N) is 1. The van der Waals surface area contributed by atoms with Crippen molar-refractivity contribution in [3.05, 3.63) is 22.8 Å². The van der Waals surface area contributed by atoms with Gasteiger partial charge in [0.05, 0.1) is 22.6 Å². The smallest absolute Gasteiger partial charge is 0.255 e. The summed E-state index contributed by atoms with van der Waals surface area (Å²) in [7, 11) is 1.72. The molecule has 0 bridgehead atoms. The van der Waals surface area contributed by atoms with Crippen LogP contribution >= 0.6 is 11.6 Å². The fourth-order valence-corrected chi connectivity index (χ4v) is 1.82. The van der Waals surface area contributed by atoms with E-state index in [2.05, 4.69) is 16.4 Å². The molecule has 19 heavy (non-hydrogen) atoms. The Kier molecular flexibility index (Phi) is 5.58. The number of rotatable bonds is 5. The van der Waals surface area contributed by atoms with Crippen LogP contribution in [0.3, 0.4) is 0 Å². The lowest BCUT2D eigenvalue weighted by Crippen LogP contribution is -2.34. The first-order valence-electron chi connectivity index (χ1n) is 6.05. The summed E-state index contributed by atoms with van der Waals surface area (Å²) in [4.78, 5) is 18.0. The first-order valence-corrected chi connectivity index (χ1v) is 6.43. The first-order chi connectivity index (χ1) is 9.03. The van der Waals surface area contributed by atoms with Crippen LogP contribution < -0.4 is 5.32 Å². The van der Waals surface area contributed by atoms with Crippen LogP contribution in [0, 0.1) is 17.2 Å². The lowest BCUT2D eigenvalue weighted by molar-refractivity contribution is 0.0753. The number of aromatic nitrogens is 1. The number of hydrogen-bond acceptors (Lipinski definition) is 4. The Morgan fingerprint density at radius 2 is 2.37 bits per heavy atom. The summed E-state index contributed by atoms with van der Waals surface area (Å²) in [5, 5.41) is 12.0. The molecular weight excluding hydrogens is 264 g/mol. The Balaban J connectivity index is 3.00. The molecule has 102 valence electrons. The number of anilines is 1. The summed E-state index contributed by atoms with van der Waals surface area (Å²) < 4.78 is 0. The second-order valence-electron chi connectivity index (χ2n) is 4.17. The average molecular weight is 281 g/mol. The van der Waals surface area contributed by atoms with Crippen LogP contribution in [-0.4, -0.2) is 35.9 Å². The van der Waals surface area contributed by atoms with Gasteiger partial charge in [-0.3, -0.25) is 4.79 Å². The van der Waals surface area contributed by atoms with E-state index in [4.69, 9.17) is 16.9 Å². The van der Waals surface area contributed by atoms with E-state index in [0.29, 0.717) is 29.5 Å². The van der Waals surface area contributed by atoms with Crippen molar-refractivity contribution in [1.29, 1.82) is 5.26 Å². The molecule has 1 atom stereocenters. The Morgan fingerprint density at radius 3 is 2.89 bits per heavy atom. The van der Waals surface area contributed by atoms with Gasteiger partial charge in [0.2, 0.25) is 0 Å². The van der Waals surface area contributed by atoms with Gasteiger partial charge in [-0.2, -0.15) is 5.26 Å². The number of nitriles is 1. The minimum atomic E-state index is -0.215. The van der Waals surface area contributed by atoms with Crippen molar-refractivity contribution in [2.75, 3.05) is 25.5 Å². The van der Waals surface area contributed by atoms with E-state index in [1.165, 1.54) is 6.20 Å². The van der Waals surface area contributed by atoms with E-state index in [0.717, 1.165) is 0 Å². The van der Waals surface area contributed by atoms with E-state index < -0.39 is 0 Å². The fourth-order valence-electron chi connectivity index (χ4n) is 1.64. The Labute approximate surface area is 118 Å². The van der Waals surface area contributed by atoms with Crippen molar-refractivity contribution in [2.24, 2.45) is 5.92 Å². The zero-order valence-electron chi connectivity index (χ0n) is 11.3. The molecule has 1 amide bonds. The van der Waals surface area contributed by atoms with Crippen LogP contribution in [0.5, 0.6) is 0 Å². The van der Waals surface area contributed by atoms with Crippen molar-refractivity contribution in [2.45, 2.75) is 13.8 Å². The van der Waals surface area contributed by atoms with E-state index in [1.54, 1.807) is 24.9 Å². The minimum absolute atomic E-state index is 0.187. The number of carbonyl (C=O) groups is 1. The third kappa shape index (κ3) is 3.83. The van der Waals surface area contributed by atoms with Crippen molar-refractivity contribution in [1.82, 2.24) is 9.88 Å². The van der Waals surface area contributed by atoms with Crippen molar-refractivity contribution < 1.29 is 4.79 Å². The van der Waals surface area contributed by atoms with E-state index in [9.17, 15) is 4.79 Å². The molecule has 0 aromatic carbocycles. The predicted molar refractivity (Wildman–Crippen MR) is 75.1 cm³/mol. The molecule has 1 heterocycles. The van der Waals surface area contributed by atoms with Gasteiger partial charge in [-0.05, 0) is 19.9 Å². The summed E-state index contributed by atoms with van der Waals surface area (Å²) in [5.41, 5.74) is 0.396. The Hall–Kier alpha value is -1.80. The highest BCUT2D eigenvalue weighted by atomic mass is 35.5. The lowest BCUT2D eigenvalue weighted by Gasteiger charge is -2.22. The van der Waals surface area contributed by atoms with Gasteiger partial charge in [0.1, 0.15) is 5.82 Å². The molecule has 1 rings (SSSR count). The number of carbonyl (C=O) groups excluding carboxylic acids is 1. The van der Waals surface area contributed by atoms with Crippen LogP contribution in [0.2, 0.25) is 5.02 Å². The van der Waals surface area contributed by atoms with Gasteiger partial charge in [-0.25, -0.2) is 4.98 Å². The van der Waals surface area contributed by atoms with Gasteiger partial charge in [-0.15, -0.1) is 0 Å². The highest BCUT2D eigenvalue weighted by Crippen LogP contribution is 2.20. The summed E-state index contributed by atoms with van der Waals surface area (Å²) >= 11 is 6.02. The Bertz CT molecular complexity index is 498. The van der Waals surface area contributed by atoms with Gasteiger partial charge in [0.25, 0.3) is 5.91 Å². The molecular formula is C13H17ClN4O. The van der Waals surface area contributed by atoms with Gasteiger partial charge in [-0.1, -0.05) is 11.6 Å². The van der Waals surface area contributed by atoms with Crippen molar-refractivity contribution in [3.8, 4) is 6.07 Å². The number of halogens is 1. The molecule has 0 aliphatic rings. The molecule has 0 saturated heterocycles. The molecule has 1 aromatic rings. The number of amides is 1. The minimum Gasteiger partial charge on any atom is -0.373 e. The second kappa shape index (κ2) is 6.95. The Morgan fingerprint density at radius 1 is 1.68 bits per heavy atom. The highest BCUT2D eigenvalue weighted by molar-refractivity contribution is 6.33. The maximum atomic E-state index is 12.4. The summed E-state index contributed by atoms with van der Waals surface area (Å²) in [6, 6.07) is 3.74. The van der Waals surface area contributed by atoms with Crippen molar-refractivity contribution >= 4 is 23.3 Å². The normalized spacial score (nSPS) is 11.5. The molecule has 1 unspecified atom stereocenters. The maximum Gasteiger partial charge on any atom is 0.255 e. The topological polar surface area (TPSA) is 69.0 Å². The summed E-state index contributed by atoms with van der Waals surface area (Å²) in [5.74, 6) is 0.180. The quantitative estimate of drug-likeness (QED) is 0.899. The predicted octanol–water partition coefficient (Wildman–Crippen LogP) is 2.40. The van der Waals surface area contributed by atoms with E-state index in [-0.39, 0.29) is 11.8 Å². The van der Waals surface area contributed by atoms with Gasteiger partial charge in [0, 0.05) is 26.3 Å². The highest BCUT2D eigenvalue weighted by Gasteiger charge is 2.19. The van der Waals surface area contributed by atoms with Crippen LogP contribution in [0.1, 0.15) is 24.2 Å². The summed E-state index contributed by atoms with van der Waals surface area (Å²) in [6.45, 7) is 4.57. The zero-order valence-corrected chi connectivity index (χ0v) is 12.0. The average Bonchev–Trinajstić information content (AvgIpc) is 2.44. The van der Waals surface area contributed by atoms with Gasteiger partial charge >= 0.3 is 0 Å². The second-order valence-corrected chi connectivity index (χ2v) is 4.58. The fraction of sp³-hybridized carbons (Fsp3) is 0.462. The molecule has 0 aliphatic carbocycles. The SMILES string of the molecule is CCN(CC(C)C#N)C(=O)c1cc(NC)ncc1Cl. The van der Waals surface area contributed by atoms with Crippen LogP contribution in [0.4, 0.5) is 5.82 Å². The number of hydrogen-bond donors (Lipinski definition) is 1. The zero-order chi connectivity index (χ0) is 14.4. The van der Waals surface area contributed by atoms with E-state index in [1.807, 2.05) is 6.92 Å². The molecule has 0 fully saturated rings. The lowest BCUT2D eigenvalue weighted by atomic mass is 10.1. The first kappa shape index (κ1) is 15.3. The molecule has 1 aromatic heterocycles. The van der Waals surface area contributed by atoms with E-state index >= 15 is 0 Å². The third-order valence-corrected chi connectivity index (χ3v) is 3.03. The van der Waals surface area contributed by atoms with Crippen molar-refractivity contribution in [3.63, 3.8) is 0 Å². The monoisotopic (exact) mass is 280 g/mol. The molecule has 5 nitrogen and oxygen atoms in total. The van der Waals surface area contributed by atoms with Crippen LogP contribution in [0.15, 0.2) is 12.3 Å². The third-order valence-electron chi connectivity index (χ3n) is 2.73. The van der Waals surface area contributed by atoms with Crippen LogP contribution in [-0.2, 0) is 0 Å². The molecule has 0 radical (unpaired) electrons. The summed E-state index contributed by atoms with van der Waals surface area (Å²) in [6.07, 6.45) is 1.45. The molecule has 6 heteroatoms. The largest absolute Gasteiger partial charge is 0.373 e. The number of pyridine rings is 1. The number of nitrogens with zero attached hydrogens (tertiary/aromatic N) is 3. The molecule has 0 aliphatic heterocycles. The molecule has 1 N–H and O–H groups in total. The van der Waals surface area contributed by atoms with Gasteiger partial charge < -0.3 is 10.2 Å². The van der Waals surface area contributed by atoms with Gasteiger partial charge in [0.15, 0.2) is 0 Å². The molecule has 0 saturated carbocycles.